The molecule has 1 aliphatic rings. The number of rotatable bonds is 1. The molecule has 1 aromatic carbocycles. The van der Waals surface area contributed by atoms with E-state index < -0.39 is 0 Å². The van der Waals surface area contributed by atoms with Crippen molar-refractivity contribution < 1.29 is 8.78 Å². The highest BCUT2D eigenvalue weighted by molar-refractivity contribution is 5.24. The lowest BCUT2D eigenvalue weighted by Gasteiger charge is -2.26. The first-order chi connectivity index (χ1) is 7.18. The van der Waals surface area contributed by atoms with Crippen LogP contribution < -0.4 is 0 Å². The minimum Gasteiger partial charge on any atom is -0.207 e. The van der Waals surface area contributed by atoms with Gasteiger partial charge in [-0.2, -0.15) is 0 Å². The fourth-order valence-corrected chi connectivity index (χ4v) is 2.45. The molecule has 1 fully saturated rings. The molecule has 0 heterocycles. The normalized spacial score (nSPS) is 26.6. The van der Waals surface area contributed by atoms with E-state index in [-0.39, 0.29) is 17.6 Å². The first-order valence-electron chi connectivity index (χ1n) is 5.62. The number of halogens is 2. The summed E-state index contributed by atoms with van der Waals surface area (Å²) in [4.78, 5) is 0. The number of benzene rings is 1. The molecule has 2 rings (SSSR count). The highest BCUT2D eigenvalue weighted by Crippen LogP contribution is 2.37. The van der Waals surface area contributed by atoms with Crippen LogP contribution in [0.2, 0.25) is 0 Å². The SMILES string of the molecule is CC1CCC(c2c(F)cccc2F)CC1. The summed E-state index contributed by atoms with van der Waals surface area (Å²) in [6.07, 6.45) is 3.99. The summed E-state index contributed by atoms with van der Waals surface area (Å²) in [5.41, 5.74) is 0.310. The van der Waals surface area contributed by atoms with Crippen LogP contribution in [0, 0.1) is 17.6 Å². The Bertz CT molecular complexity index is 318. The third-order valence-corrected chi connectivity index (χ3v) is 3.42. The van der Waals surface area contributed by atoms with Gasteiger partial charge in [-0.15, -0.1) is 0 Å². The largest absolute Gasteiger partial charge is 0.207 e. The van der Waals surface area contributed by atoms with Gasteiger partial charge in [-0.3, -0.25) is 0 Å². The minimum atomic E-state index is -0.380. The first-order valence-corrected chi connectivity index (χ1v) is 5.62. The molecular weight excluding hydrogens is 194 g/mol. The molecule has 0 saturated heterocycles. The molecule has 0 radical (unpaired) electrons. The third kappa shape index (κ3) is 2.19. The van der Waals surface area contributed by atoms with Crippen LogP contribution in [-0.4, -0.2) is 0 Å². The van der Waals surface area contributed by atoms with E-state index in [1.165, 1.54) is 18.2 Å². The quantitative estimate of drug-likeness (QED) is 0.649. The van der Waals surface area contributed by atoms with Gasteiger partial charge < -0.3 is 0 Å². The average molecular weight is 210 g/mol. The third-order valence-electron chi connectivity index (χ3n) is 3.42. The maximum atomic E-state index is 13.5. The second-order valence-electron chi connectivity index (χ2n) is 4.59. The van der Waals surface area contributed by atoms with Crippen LogP contribution in [0.3, 0.4) is 0 Å². The Morgan fingerprint density at radius 3 is 2.07 bits per heavy atom. The van der Waals surface area contributed by atoms with E-state index in [1.807, 2.05) is 0 Å². The number of hydrogen-bond acceptors (Lipinski definition) is 0. The van der Waals surface area contributed by atoms with Crippen molar-refractivity contribution in [2.45, 2.75) is 38.5 Å². The van der Waals surface area contributed by atoms with Gasteiger partial charge in [-0.25, -0.2) is 8.78 Å². The summed E-state index contributed by atoms with van der Waals surface area (Å²) in [5.74, 6) is 0.0302. The van der Waals surface area contributed by atoms with Crippen molar-refractivity contribution in [3.63, 3.8) is 0 Å². The molecule has 0 aliphatic heterocycles. The Kier molecular flexibility index (Phi) is 3.03. The maximum Gasteiger partial charge on any atom is 0.129 e. The van der Waals surface area contributed by atoms with Crippen molar-refractivity contribution in [1.29, 1.82) is 0 Å². The van der Waals surface area contributed by atoms with E-state index in [9.17, 15) is 8.78 Å². The Labute approximate surface area is 89.3 Å². The van der Waals surface area contributed by atoms with E-state index in [4.69, 9.17) is 0 Å². The summed E-state index contributed by atoms with van der Waals surface area (Å²) in [7, 11) is 0. The smallest absolute Gasteiger partial charge is 0.129 e. The van der Waals surface area contributed by atoms with Crippen LogP contribution in [-0.2, 0) is 0 Å². The van der Waals surface area contributed by atoms with Crippen LogP contribution in [0.15, 0.2) is 18.2 Å². The Morgan fingerprint density at radius 1 is 1.00 bits per heavy atom. The fraction of sp³-hybridized carbons (Fsp3) is 0.538. The molecule has 0 N–H and O–H groups in total. The van der Waals surface area contributed by atoms with Gasteiger partial charge in [0.25, 0.3) is 0 Å². The predicted octanol–water partition coefficient (Wildman–Crippen LogP) is 4.26. The molecule has 0 atom stereocenters. The Hall–Kier alpha value is -0.920. The number of hydrogen-bond donors (Lipinski definition) is 0. The zero-order valence-corrected chi connectivity index (χ0v) is 8.97. The van der Waals surface area contributed by atoms with Gasteiger partial charge in [0.05, 0.1) is 0 Å². The lowest BCUT2D eigenvalue weighted by Crippen LogP contribution is -2.13. The Morgan fingerprint density at radius 2 is 1.53 bits per heavy atom. The van der Waals surface area contributed by atoms with Crippen molar-refractivity contribution >= 4 is 0 Å². The highest BCUT2D eigenvalue weighted by atomic mass is 19.1. The minimum absolute atomic E-state index is 0.0856. The van der Waals surface area contributed by atoms with Crippen molar-refractivity contribution in [2.75, 3.05) is 0 Å². The lowest BCUT2D eigenvalue weighted by atomic mass is 9.79. The second kappa shape index (κ2) is 4.30. The summed E-state index contributed by atoms with van der Waals surface area (Å²) in [6, 6.07) is 4.15. The molecule has 0 unspecified atom stereocenters. The topological polar surface area (TPSA) is 0 Å². The monoisotopic (exact) mass is 210 g/mol. The lowest BCUT2D eigenvalue weighted by molar-refractivity contribution is 0.335. The van der Waals surface area contributed by atoms with Crippen molar-refractivity contribution in [2.24, 2.45) is 5.92 Å². The van der Waals surface area contributed by atoms with E-state index in [2.05, 4.69) is 6.92 Å². The molecule has 2 heteroatoms. The van der Waals surface area contributed by atoms with Crippen LogP contribution in [0.25, 0.3) is 0 Å². The van der Waals surface area contributed by atoms with Gasteiger partial charge in [0.2, 0.25) is 0 Å². The summed E-state index contributed by atoms with van der Waals surface area (Å²) in [6.45, 7) is 2.20. The van der Waals surface area contributed by atoms with Crippen molar-refractivity contribution in [3.05, 3.63) is 35.4 Å². The molecule has 82 valence electrons. The van der Waals surface area contributed by atoms with Crippen molar-refractivity contribution in [3.8, 4) is 0 Å². The molecule has 0 nitrogen and oxygen atoms in total. The van der Waals surface area contributed by atoms with Gasteiger partial charge in [0.1, 0.15) is 11.6 Å². The van der Waals surface area contributed by atoms with Gasteiger partial charge in [0.15, 0.2) is 0 Å². The molecule has 1 aliphatic carbocycles. The molecule has 1 aromatic rings. The van der Waals surface area contributed by atoms with Crippen LogP contribution in [0.5, 0.6) is 0 Å². The van der Waals surface area contributed by atoms with E-state index in [0.717, 1.165) is 25.7 Å². The van der Waals surface area contributed by atoms with Crippen LogP contribution in [0.1, 0.15) is 44.1 Å². The summed E-state index contributed by atoms with van der Waals surface area (Å²) in [5, 5.41) is 0. The van der Waals surface area contributed by atoms with E-state index in [0.29, 0.717) is 11.5 Å². The molecule has 0 spiro atoms. The predicted molar refractivity (Wildman–Crippen MR) is 56.7 cm³/mol. The summed E-state index contributed by atoms with van der Waals surface area (Å²) < 4.78 is 27.0. The zero-order chi connectivity index (χ0) is 10.8. The van der Waals surface area contributed by atoms with Crippen LogP contribution >= 0.6 is 0 Å². The molecular formula is C13H16F2. The molecule has 0 bridgehead atoms. The first kappa shape index (κ1) is 10.6. The molecule has 1 saturated carbocycles. The van der Waals surface area contributed by atoms with Crippen molar-refractivity contribution in [1.82, 2.24) is 0 Å². The van der Waals surface area contributed by atoms with Gasteiger partial charge in [-0.05, 0) is 36.8 Å². The van der Waals surface area contributed by atoms with E-state index in [1.54, 1.807) is 0 Å². The summed E-state index contributed by atoms with van der Waals surface area (Å²) >= 11 is 0. The van der Waals surface area contributed by atoms with Gasteiger partial charge in [0, 0.05) is 5.56 Å². The van der Waals surface area contributed by atoms with Gasteiger partial charge in [-0.1, -0.05) is 25.8 Å². The molecule has 0 aromatic heterocycles. The molecule has 0 amide bonds. The second-order valence-corrected chi connectivity index (χ2v) is 4.59. The maximum absolute atomic E-state index is 13.5. The standard InChI is InChI=1S/C13H16F2/c1-9-5-7-10(8-6-9)13-11(14)3-2-4-12(13)15/h2-4,9-10H,5-8H2,1H3. The molecule has 15 heavy (non-hydrogen) atoms. The average Bonchev–Trinajstić information content (AvgIpc) is 2.20. The highest BCUT2D eigenvalue weighted by Gasteiger charge is 2.24. The van der Waals surface area contributed by atoms with Crippen LogP contribution in [0.4, 0.5) is 8.78 Å². The van der Waals surface area contributed by atoms with Gasteiger partial charge >= 0.3 is 0 Å². The van der Waals surface area contributed by atoms with E-state index >= 15 is 0 Å². The fourth-order valence-electron chi connectivity index (χ4n) is 2.45. The Balaban J connectivity index is 2.22. The zero-order valence-electron chi connectivity index (χ0n) is 8.97.